The first-order valence-corrected chi connectivity index (χ1v) is 7.02. The second-order valence-electron chi connectivity index (χ2n) is 5.21. The van der Waals surface area contributed by atoms with Crippen LogP contribution in [-0.4, -0.2) is 56.8 Å². The number of nitrogens with zero attached hydrogens (tertiary/aromatic N) is 2. The first-order valence-electron chi connectivity index (χ1n) is 7.02. The third-order valence-corrected chi connectivity index (χ3v) is 2.94. The SMILES string of the molecule is CC(C)CN=C(N)NCCCCN1CCOCC1. The quantitative estimate of drug-likeness (QED) is 0.399. The van der Waals surface area contributed by atoms with Crippen LogP contribution in [-0.2, 0) is 4.74 Å². The summed E-state index contributed by atoms with van der Waals surface area (Å²) in [6, 6.07) is 0. The zero-order valence-corrected chi connectivity index (χ0v) is 11.8. The van der Waals surface area contributed by atoms with Crippen molar-refractivity contribution >= 4 is 5.96 Å². The highest BCUT2D eigenvalue weighted by atomic mass is 16.5. The van der Waals surface area contributed by atoms with Crippen molar-refractivity contribution < 1.29 is 4.74 Å². The Morgan fingerprint density at radius 1 is 1.33 bits per heavy atom. The molecule has 0 aliphatic carbocycles. The standard InChI is InChI=1S/C13H28N4O/c1-12(2)11-16-13(14)15-5-3-4-6-17-7-9-18-10-8-17/h12H,3-11H2,1-2H3,(H3,14,15,16). The Morgan fingerprint density at radius 3 is 2.72 bits per heavy atom. The fourth-order valence-electron chi connectivity index (χ4n) is 1.84. The molecule has 106 valence electrons. The molecule has 0 radical (unpaired) electrons. The van der Waals surface area contributed by atoms with Gasteiger partial charge < -0.3 is 15.8 Å². The fourth-order valence-corrected chi connectivity index (χ4v) is 1.84. The number of hydrogen-bond donors (Lipinski definition) is 2. The first kappa shape index (κ1) is 15.2. The van der Waals surface area contributed by atoms with Gasteiger partial charge in [-0.2, -0.15) is 0 Å². The maximum absolute atomic E-state index is 5.76. The molecule has 5 nitrogen and oxygen atoms in total. The summed E-state index contributed by atoms with van der Waals surface area (Å²) < 4.78 is 5.32. The lowest BCUT2D eigenvalue weighted by Gasteiger charge is -2.26. The molecule has 1 saturated heterocycles. The molecule has 0 aromatic heterocycles. The van der Waals surface area contributed by atoms with E-state index in [4.69, 9.17) is 10.5 Å². The Hall–Kier alpha value is -0.810. The molecule has 5 heteroatoms. The van der Waals surface area contributed by atoms with Crippen LogP contribution < -0.4 is 11.1 Å². The molecule has 0 aromatic carbocycles. The lowest BCUT2D eigenvalue weighted by molar-refractivity contribution is 0.0372. The molecule has 0 unspecified atom stereocenters. The lowest BCUT2D eigenvalue weighted by Crippen LogP contribution is -2.37. The molecule has 1 heterocycles. The van der Waals surface area contributed by atoms with E-state index in [9.17, 15) is 0 Å². The van der Waals surface area contributed by atoms with E-state index < -0.39 is 0 Å². The smallest absolute Gasteiger partial charge is 0.188 e. The van der Waals surface area contributed by atoms with Gasteiger partial charge in [-0.3, -0.25) is 9.89 Å². The van der Waals surface area contributed by atoms with Crippen LogP contribution in [0.2, 0.25) is 0 Å². The van der Waals surface area contributed by atoms with E-state index in [2.05, 4.69) is 29.1 Å². The number of ether oxygens (including phenoxy) is 1. The maximum Gasteiger partial charge on any atom is 0.188 e. The number of aliphatic imine (C=N–C) groups is 1. The summed E-state index contributed by atoms with van der Waals surface area (Å²) in [4.78, 5) is 6.73. The largest absolute Gasteiger partial charge is 0.379 e. The van der Waals surface area contributed by atoms with Crippen molar-refractivity contribution in [2.75, 3.05) is 45.9 Å². The molecule has 1 aliphatic heterocycles. The number of nitrogens with two attached hydrogens (primary N) is 1. The summed E-state index contributed by atoms with van der Waals surface area (Å²) in [5.74, 6) is 1.14. The van der Waals surface area contributed by atoms with Gasteiger partial charge in [0, 0.05) is 26.2 Å². The zero-order chi connectivity index (χ0) is 13.2. The van der Waals surface area contributed by atoms with Crippen LogP contribution in [0.5, 0.6) is 0 Å². The molecule has 0 saturated carbocycles. The molecule has 0 amide bonds. The van der Waals surface area contributed by atoms with Crippen molar-refractivity contribution in [2.24, 2.45) is 16.6 Å². The normalized spacial score (nSPS) is 18.3. The maximum atomic E-state index is 5.76. The molecule has 1 rings (SSSR count). The minimum absolute atomic E-state index is 0.562. The van der Waals surface area contributed by atoms with E-state index >= 15 is 0 Å². The van der Waals surface area contributed by atoms with Gasteiger partial charge in [0.2, 0.25) is 0 Å². The summed E-state index contributed by atoms with van der Waals surface area (Å²) in [6.45, 7) is 11.1. The van der Waals surface area contributed by atoms with Gasteiger partial charge in [-0.15, -0.1) is 0 Å². The highest BCUT2D eigenvalue weighted by molar-refractivity contribution is 5.77. The van der Waals surface area contributed by atoms with Gasteiger partial charge >= 0.3 is 0 Å². The summed E-state index contributed by atoms with van der Waals surface area (Å²) in [5, 5.41) is 3.16. The summed E-state index contributed by atoms with van der Waals surface area (Å²) in [6.07, 6.45) is 2.33. The highest BCUT2D eigenvalue weighted by Crippen LogP contribution is 1.99. The van der Waals surface area contributed by atoms with Crippen LogP contribution in [0.3, 0.4) is 0 Å². The predicted molar refractivity (Wildman–Crippen MR) is 75.8 cm³/mol. The number of rotatable bonds is 7. The molecule has 1 aliphatic rings. The third-order valence-electron chi connectivity index (χ3n) is 2.94. The average molecular weight is 256 g/mol. The zero-order valence-electron chi connectivity index (χ0n) is 11.8. The molecular weight excluding hydrogens is 228 g/mol. The van der Waals surface area contributed by atoms with E-state index in [1.807, 2.05) is 0 Å². The van der Waals surface area contributed by atoms with Gasteiger partial charge in [-0.1, -0.05) is 13.8 Å². The van der Waals surface area contributed by atoms with Crippen LogP contribution in [0, 0.1) is 5.92 Å². The lowest BCUT2D eigenvalue weighted by atomic mass is 10.2. The molecule has 3 N–H and O–H groups in total. The predicted octanol–water partition coefficient (Wildman–Crippen LogP) is 0.659. The molecule has 0 atom stereocenters. The van der Waals surface area contributed by atoms with Gasteiger partial charge in [0.25, 0.3) is 0 Å². The second-order valence-corrected chi connectivity index (χ2v) is 5.21. The number of morpholine rings is 1. The fraction of sp³-hybridized carbons (Fsp3) is 0.923. The minimum atomic E-state index is 0.562. The highest BCUT2D eigenvalue weighted by Gasteiger charge is 2.08. The summed E-state index contributed by atoms with van der Waals surface area (Å²) in [5.41, 5.74) is 5.76. The van der Waals surface area contributed by atoms with Gasteiger partial charge in [0.05, 0.1) is 13.2 Å². The monoisotopic (exact) mass is 256 g/mol. The van der Waals surface area contributed by atoms with Gasteiger partial charge in [0.15, 0.2) is 5.96 Å². The van der Waals surface area contributed by atoms with Crippen molar-refractivity contribution in [3.63, 3.8) is 0 Å². The van der Waals surface area contributed by atoms with Crippen molar-refractivity contribution in [1.29, 1.82) is 0 Å². The van der Waals surface area contributed by atoms with E-state index in [0.717, 1.165) is 52.4 Å². The van der Waals surface area contributed by atoms with Crippen molar-refractivity contribution in [2.45, 2.75) is 26.7 Å². The minimum Gasteiger partial charge on any atom is -0.379 e. The molecule has 18 heavy (non-hydrogen) atoms. The average Bonchev–Trinajstić information content (AvgIpc) is 2.37. The van der Waals surface area contributed by atoms with E-state index in [1.54, 1.807) is 0 Å². The van der Waals surface area contributed by atoms with Crippen molar-refractivity contribution in [3.05, 3.63) is 0 Å². The van der Waals surface area contributed by atoms with Gasteiger partial charge in [0.1, 0.15) is 0 Å². The molecule has 0 spiro atoms. The first-order chi connectivity index (χ1) is 8.68. The van der Waals surface area contributed by atoms with E-state index in [0.29, 0.717) is 11.9 Å². The van der Waals surface area contributed by atoms with Crippen LogP contribution in [0.1, 0.15) is 26.7 Å². The second kappa shape index (κ2) is 9.16. The molecule has 0 aromatic rings. The molecule has 0 bridgehead atoms. The Labute approximate surface area is 111 Å². The molecule has 1 fully saturated rings. The van der Waals surface area contributed by atoms with Crippen molar-refractivity contribution in [3.8, 4) is 0 Å². The van der Waals surface area contributed by atoms with Gasteiger partial charge in [-0.05, 0) is 25.3 Å². The Kier molecular flexibility index (Phi) is 7.76. The van der Waals surface area contributed by atoms with E-state index in [1.165, 1.54) is 6.42 Å². The topological polar surface area (TPSA) is 62.9 Å². The van der Waals surface area contributed by atoms with Crippen LogP contribution >= 0.6 is 0 Å². The number of hydrogen-bond acceptors (Lipinski definition) is 3. The van der Waals surface area contributed by atoms with Crippen LogP contribution in [0.15, 0.2) is 4.99 Å². The number of unbranched alkanes of at least 4 members (excludes halogenated alkanes) is 1. The third kappa shape index (κ3) is 7.50. The summed E-state index contributed by atoms with van der Waals surface area (Å²) in [7, 11) is 0. The number of nitrogens with one attached hydrogen (secondary N) is 1. The van der Waals surface area contributed by atoms with E-state index in [-0.39, 0.29) is 0 Å². The van der Waals surface area contributed by atoms with Gasteiger partial charge in [-0.25, -0.2) is 0 Å². The van der Waals surface area contributed by atoms with Crippen LogP contribution in [0.4, 0.5) is 0 Å². The van der Waals surface area contributed by atoms with Crippen LogP contribution in [0.25, 0.3) is 0 Å². The Bertz CT molecular complexity index is 237. The summed E-state index contributed by atoms with van der Waals surface area (Å²) >= 11 is 0. The van der Waals surface area contributed by atoms with Crippen molar-refractivity contribution in [1.82, 2.24) is 10.2 Å². The Morgan fingerprint density at radius 2 is 2.06 bits per heavy atom. The number of guanidine groups is 1. The molecular formula is C13H28N4O. The Balaban J connectivity index is 1.95.